The minimum atomic E-state index is -4.02. The molecule has 0 amide bonds. The summed E-state index contributed by atoms with van der Waals surface area (Å²) in [6.07, 6.45) is 0. The summed E-state index contributed by atoms with van der Waals surface area (Å²) < 4.78 is 33.2. The van der Waals surface area contributed by atoms with E-state index in [4.69, 9.17) is 4.74 Å². The fourth-order valence-corrected chi connectivity index (χ4v) is 4.65. The smallest absolute Gasteiger partial charge is 0.356 e. The number of aromatic nitrogens is 1. The highest BCUT2D eigenvalue weighted by Gasteiger charge is 2.31. The topological polar surface area (TPSA) is 65.4 Å². The van der Waals surface area contributed by atoms with Gasteiger partial charge in [0, 0.05) is 0 Å². The molecule has 0 unspecified atom stereocenters. The van der Waals surface area contributed by atoms with E-state index in [0.717, 1.165) is 9.54 Å². The van der Waals surface area contributed by atoms with Crippen LogP contribution in [0, 0.1) is 6.92 Å². The lowest BCUT2D eigenvalue weighted by atomic mass is 10.0. The van der Waals surface area contributed by atoms with Crippen LogP contribution < -0.4 is 0 Å². The molecule has 0 atom stereocenters. The van der Waals surface area contributed by atoms with Crippen molar-refractivity contribution in [3.8, 4) is 11.3 Å². The van der Waals surface area contributed by atoms with Crippen LogP contribution in [0.3, 0.4) is 0 Å². The van der Waals surface area contributed by atoms with Crippen LogP contribution in [0.25, 0.3) is 11.3 Å². The molecule has 1 heterocycles. The molecule has 3 rings (SSSR count). The van der Waals surface area contributed by atoms with Crippen LogP contribution in [0.4, 0.5) is 0 Å². The van der Waals surface area contributed by atoms with E-state index in [1.807, 2.05) is 51.1 Å². The molecule has 0 radical (unpaired) electrons. The zero-order chi connectivity index (χ0) is 20.5. The molecule has 28 heavy (non-hydrogen) atoms. The maximum absolute atomic E-state index is 13.6. The zero-order valence-electron chi connectivity index (χ0n) is 16.3. The summed E-state index contributed by atoms with van der Waals surface area (Å²) in [4.78, 5) is 12.7. The average Bonchev–Trinajstić information content (AvgIpc) is 3.10. The number of aryl methyl sites for hydroxylation is 1. The summed E-state index contributed by atoms with van der Waals surface area (Å²) in [6, 6.07) is 17.5. The van der Waals surface area contributed by atoms with Crippen LogP contribution in [0.15, 0.2) is 65.6 Å². The summed E-state index contributed by atoms with van der Waals surface area (Å²) in [6.45, 7) is 5.72. The molecular weight excluding hydrogens is 374 g/mol. The molecule has 0 N–H and O–H groups in total. The van der Waals surface area contributed by atoms with Crippen LogP contribution in [0.5, 0.6) is 0 Å². The molecule has 0 saturated carbocycles. The lowest BCUT2D eigenvalue weighted by Crippen LogP contribution is -2.21. The molecule has 0 aliphatic heterocycles. The van der Waals surface area contributed by atoms with Gasteiger partial charge < -0.3 is 4.74 Å². The van der Waals surface area contributed by atoms with E-state index in [1.165, 1.54) is 7.11 Å². The van der Waals surface area contributed by atoms with Gasteiger partial charge in [0.15, 0.2) is 0 Å². The summed E-state index contributed by atoms with van der Waals surface area (Å²) in [5.41, 5.74) is 2.75. The summed E-state index contributed by atoms with van der Waals surface area (Å²) >= 11 is 0. The van der Waals surface area contributed by atoms with Crippen LogP contribution in [0.1, 0.15) is 41.4 Å². The van der Waals surface area contributed by atoms with E-state index in [2.05, 4.69) is 0 Å². The predicted octanol–water partition coefficient (Wildman–Crippen LogP) is 4.61. The van der Waals surface area contributed by atoms with Crippen molar-refractivity contribution in [1.29, 1.82) is 0 Å². The van der Waals surface area contributed by atoms with E-state index in [9.17, 15) is 13.2 Å². The molecule has 146 valence electrons. The van der Waals surface area contributed by atoms with Crippen molar-refractivity contribution in [2.45, 2.75) is 31.6 Å². The summed E-state index contributed by atoms with van der Waals surface area (Å²) in [5, 5.41) is 0. The first-order chi connectivity index (χ1) is 13.3. The Morgan fingerprint density at radius 1 is 1.00 bits per heavy atom. The molecule has 0 fully saturated rings. The number of hydrogen-bond donors (Lipinski definition) is 0. The number of benzene rings is 2. The Kier molecular flexibility index (Phi) is 5.42. The molecule has 0 saturated heterocycles. The Hall–Kier alpha value is -2.86. The molecular formula is C22H23NO4S. The number of hydrogen-bond acceptors (Lipinski definition) is 4. The van der Waals surface area contributed by atoms with Crippen molar-refractivity contribution in [3.05, 3.63) is 77.5 Å². The lowest BCUT2D eigenvalue weighted by Gasteiger charge is -2.15. The number of carbonyl (C=O) groups excluding carboxylic acids is 1. The van der Waals surface area contributed by atoms with Crippen LogP contribution >= 0.6 is 0 Å². The maximum Gasteiger partial charge on any atom is 0.356 e. The first kappa shape index (κ1) is 19.9. The SMILES string of the molecule is COC(=O)c1c(C(C)C)cc(-c2ccccc2)n1S(=O)(=O)c1ccc(C)cc1. The third kappa shape index (κ3) is 3.47. The Morgan fingerprint density at radius 2 is 1.61 bits per heavy atom. The van der Waals surface area contributed by atoms with E-state index >= 15 is 0 Å². The monoisotopic (exact) mass is 397 g/mol. The number of rotatable bonds is 5. The van der Waals surface area contributed by atoms with E-state index in [-0.39, 0.29) is 16.5 Å². The number of methoxy groups -OCH3 is 1. The molecule has 6 heteroatoms. The minimum Gasteiger partial charge on any atom is -0.464 e. The normalized spacial score (nSPS) is 11.6. The minimum absolute atomic E-state index is 0.0388. The van der Waals surface area contributed by atoms with Crippen molar-refractivity contribution in [1.82, 2.24) is 3.97 Å². The number of nitrogens with zero attached hydrogens (tertiary/aromatic N) is 1. The Bertz CT molecular complexity index is 1100. The lowest BCUT2D eigenvalue weighted by molar-refractivity contribution is 0.0591. The average molecular weight is 397 g/mol. The van der Waals surface area contributed by atoms with Gasteiger partial charge in [-0.05, 0) is 42.2 Å². The second kappa shape index (κ2) is 7.64. The van der Waals surface area contributed by atoms with Crippen molar-refractivity contribution in [2.75, 3.05) is 7.11 Å². The standard InChI is InChI=1S/C22H23NO4S/c1-15(2)19-14-20(17-8-6-5-7-9-17)23(21(19)22(24)27-4)28(25,26)18-12-10-16(3)11-13-18/h5-15H,1-4H3. The molecule has 1 aromatic heterocycles. The van der Waals surface area contributed by atoms with Gasteiger partial charge in [0.05, 0.1) is 17.7 Å². The Balaban J connectivity index is 2.40. The summed E-state index contributed by atoms with van der Waals surface area (Å²) in [7, 11) is -2.76. The highest BCUT2D eigenvalue weighted by Crippen LogP contribution is 2.34. The molecule has 5 nitrogen and oxygen atoms in total. The highest BCUT2D eigenvalue weighted by atomic mass is 32.2. The molecule has 0 bridgehead atoms. The van der Waals surface area contributed by atoms with E-state index < -0.39 is 16.0 Å². The van der Waals surface area contributed by atoms with Gasteiger partial charge in [-0.2, -0.15) is 0 Å². The van der Waals surface area contributed by atoms with Gasteiger partial charge in [-0.1, -0.05) is 61.9 Å². The van der Waals surface area contributed by atoms with Crippen molar-refractivity contribution in [2.24, 2.45) is 0 Å². The highest BCUT2D eigenvalue weighted by molar-refractivity contribution is 7.90. The van der Waals surface area contributed by atoms with Gasteiger partial charge in [-0.3, -0.25) is 0 Å². The van der Waals surface area contributed by atoms with Gasteiger partial charge >= 0.3 is 5.97 Å². The van der Waals surface area contributed by atoms with Crippen LogP contribution in [0.2, 0.25) is 0 Å². The van der Waals surface area contributed by atoms with Gasteiger partial charge in [0.1, 0.15) is 5.69 Å². The van der Waals surface area contributed by atoms with E-state index in [0.29, 0.717) is 16.8 Å². The third-order valence-corrected chi connectivity index (χ3v) is 6.34. The Labute approximate surface area is 165 Å². The van der Waals surface area contributed by atoms with Gasteiger partial charge in [0.25, 0.3) is 10.0 Å². The first-order valence-corrected chi connectivity index (χ1v) is 10.4. The van der Waals surface area contributed by atoms with Crippen LogP contribution in [-0.4, -0.2) is 25.5 Å². The fraction of sp³-hybridized carbons (Fsp3) is 0.227. The largest absolute Gasteiger partial charge is 0.464 e. The molecule has 3 aromatic rings. The first-order valence-electron chi connectivity index (χ1n) is 8.99. The molecule has 0 spiro atoms. The second-order valence-corrected chi connectivity index (χ2v) is 8.72. The third-order valence-electron chi connectivity index (χ3n) is 4.62. The quantitative estimate of drug-likeness (QED) is 0.590. The van der Waals surface area contributed by atoms with E-state index in [1.54, 1.807) is 30.3 Å². The Morgan fingerprint density at radius 3 is 2.14 bits per heavy atom. The second-order valence-electron chi connectivity index (χ2n) is 6.93. The number of ether oxygens (including phenoxy) is 1. The van der Waals surface area contributed by atoms with Crippen molar-refractivity contribution < 1.29 is 17.9 Å². The molecule has 0 aliphatic carbocycles. The van der Waals surface area contributed by atoms with Gasteiger partial charge in [-0.25, -0.2) is 17.2 Å². The molecule has 2 aromatic carbocycles. The predicted molar refractivity (Wildman–Crippen MR) is 109 cm³/mol. The van der Waals surface area contributed by atoms with Crippen molar-refractivity contribution >= 4 is 16.0 Å². The zero-order valence-corrected chi connectivity index (χ0v) is 17.2. The van der Waals surface area contributed by atoms with Crippen molar-refractivity contribution in [3.63, 3.8) is 0 Å². The number of esters is 1. The molecule has 0 aliphatic rings. The summed E-state index contributed by atoms with van der Waals surface area (Å²) in [5.74, 6) is -0.743. The van der Waals surface area contributed by atoms with Gasteiger partial charge in [0.2, 0.25) is 0 Å². The van der Waals surface area contributed by atoms with Gasteiger partial charge in [-0.15, -0.1) is 0 Å². The number of carbonyl (C=O) groups is 1. The maximum atomic E-state index is 13.6. The van der Waals surface area contributed by atoms with Crippen LogP contribution in [-0.2, 0) is 14.8 Å². The fourth-order valence-electron chi connectivity index (χ4n) is 3.12.